The van der Waals surface area contributed by atoms with Crippen LogP contribution in [0.15, 0.2) is 59.6 Å². The van der Waals surface area contributed by atoms with E-state index in [9.17, 15) is 13.2 Å². The monoisotopic (exact) mass is 429 g/mol. The van der Waals surface area contributed by atoms with Gasteiger partial charge < -0.3 is 5.32 Å². The lowest BCUT2D eigenvalue weighted by atomic mass is 10.1. The third-order valence-corrected chi connectivity index (χ3v) is 7.39. The maximum Gasteiger partial charge on any atom is 0.255 e. The molecule has 0 atom stereocenters. The number of fused-ring (bicyclic) bond motifs is 1. The van der Waals surface area contributed by atoms with Crippen LogP contribution in [0.3, 0.4) is 0 Å². The van der Waals surface area contributed by atoms with Crippen LogP contribution in [0, 0.1) is 0 Å². The third kappa shape index (κ3) is 3.99. The molecule has 2 heterocycles. The SMILES string of the molecule is O=C(Nc1cccc2cccnc12)c1ccc(Cl)c(S(=O)(=O)N2CCCCC2)c1. The topological polar surface area (TPSA) is 79.4 Å². The molecule has 0 saturated carbocycles. The van der Waals surface area contributed by atoms with Crippen molar-refractivity contribution < 1.29 is 13.2 Å². The van der Waals surface area contributed by atoms with Crippen molar-refractivity contribution in [2.75, 3.05) is 18.4 Å². The summed E-state index contributed by atoms with van der Waals surface area (Å²) in [6.45, 7) is 0.938. The highest BCUT2D eigenvalue weighted by Gasteiger charge is 2.28. The van der Waals surface area contributed by atoms with Gasteiger partial charge in [-0.3, -0.25) is 9.78 Å². The van der Waals surface area contributed by atoms with Crippen LogP contribution >= 0.6 is 11.6 Å². The van der Waals surface area contributed by atoms with E-state index in [-0.39, 0.29) is 15.5 Å². The molecule has 0 unspecified atom stereocenters. The number of nitrogens with zero attached hydrogens (tertiary/aromatic N) is 2. The lowest BCUT2D eigenvalue weighted by Crippen LogP contribution is -2.35. The molecular formula is C21H20ClN3O3S. The number of aromatic nitrogens is 1. The number of benzene rings is 2. The van der Waals surface area contributed by atoms with Crippen LogP contribution in [0.1, 0.15) is 29.6 Å². The van der Waals surface area contributed by atoms with Crippen molar-refractivity contribution in [3.63, 3.8) is 0 Å². The van der Waals surface area contributed by atoms with Crippen LogP contribution in [0.2, 0.25) is 5.02 Å². The molecule has 1 aliphatic rings. The molecule has 1 saturated heterocycles. The highest BCUT2D eigenvalue weighted by molar-refractivity contribution is 7.89. The van der Waals surface area contributed by atoms with Crippen molar-refractivity contribution in [3.8, 4) is 0 Å². The number of piperidine rings is 1. The summed E-state index contributed by atoms with van der Waals surface area (Å²) in [5.74, 6) is -0.421. The molecule has 1 aliphatic heterocycles. The first-order chi connectivity index (χ1) is 14.0. The van der Waals surface area contributed by atoms with Gasteiger partial charge in [-0.25, -0.2) is 8.42 Å². The Labute approximate surface area is 174 Å². The number of halogens is 1. The summed E-state index contributed by atoms with van der Waals surface area (Å²) in [6.07, 6.45) is 4.32. The van der Waals surface area contributed by atoms with Gasteiger partial charge in [0.05, 0.1) is 16.2 Å². The van der Waals surface area contributed by atoms with Gasteiger partial charge in [-0.05, 0) is 43.2 Å². The molecule has 4 rings (SSSR count). The molecular weight excluding hydrogens is 410 g/mol. The summed E-state index contributed by atoms with van der Waals surface area (Å²) in [7, 11) is -3.75. The zero-order valence-corrected chi connectivity index (χ0v) is 17.2. The number of anilines is 1. The molecule has 0 spiro atoms. The van der Waals surface area contributed by atoms with Gasteiger partial charge in [0, 0.05) is 30.2 Å². The Hall–Kier alpha value is -2.48. The fourth-order valence-electron chi connectivity index (χ4n) is 3.49. The van der Waals surface area contributed by atoms with Crippen molar-refractivity contribution >= 4 is 44.1 Å². The third-order valence-electron chi connectivity index (χ3n) is 5.01. The number of carbonyl (C=O) groups is 1. The number of pyridine rings is 1. The number of rotatable bonds is 4. The fraction of sp³-hybridized carbons (Fsp3) is 0.238. The van der Waals surface area contributed by atoms with Crippen LogP contribution in [0.25, 0.3) is 10.9 Å². The maximum atomic E-state index is 13.0. The van der Waals surface area contributed by atoms with Gasteiger partial charge in [-0.1, -0.05) is 36.2 Å². The summed E-state index contributed by atoms with van der Waals surface area (Å²) >= 11 is 6.20. The molecule has 3 aromatic rings. The normalized spacial score (nSPS) is 15.3. The standard InChI is InChI=1S/C21H20ClN3O3S/c22-17-10-9-16(14-19(17)29(27,28)25-12-2-1-3-13-25)21(26)24-18-8-4-6-15-7-5-11-23-20(15)18/h4-11,14H,1-3,12-13H2,(H,24,26). The molecule has 8 heteroatoms. The zero-order valence-electron chi connectivity index (χ0n) is 15.6. The minimum atomic E-state index is -3.75. The fourth-order valence-corrected chi connectivity index (χ4v) is 5.50. The Balaban J connectivity index is 1.65. The van der Waals surface area contributed by atoms with E-state index in [4.69, 9.17) is 11.6 Å². The van der Waals surface area contributed by atoms with Crippen molar-refractivity contribution in [1.82, 2.24) is 9.29 Å². The van der Waals surface area contributed by atoms with E-state index in [0.717, 1.165) is 24.6 Å². The number of carbonyl (C=O) groups excluding carboxylic acids is 1. The van der Waals surface area contributed by atoms with E-state index >= 15 is 0 Å². The van der Waals surface area contributed by atoms with Crippen molar-refractivity contribution in [1.29, 1.82) is 0 Å². The van der Waals surface area contributed by atoms with Gasteiger partial charge >= 0.3 is 0 Å². The first kappa shape index (κ1) is 19.8. The van der Waals surface area contributed by atoms with Crippen molar-refractivity contribution in [2.24, 2.45) is 0 Å². The Morgan fingerprint density at radius 1 is 1.03 bits per heavy atom. The second-order valence-corrected chi connectivity index (χ2v) is 9.26. The van der Waals surface area contributed by atoms with E-state index in [1.807, 2.05) is 24.3 Å². The molecule has 2 aromatic carbocycles. The van der Waals surface area contributed by atoms with Crippen LogP contribution in [0.5, 0.6) is 0 Å². The van der Waals surface area contributed by atoms with Crippen LogP contribution in [-0.4, -0.2) is 36.7 Å². The summed E-state index contributed by atoms with van der Waals surface area (Å²) in [6, 6.07) is 13.5. The number of amides is 1. The predicted molar refractivity (Wildman–Crippen MR) is 114 cm³/mol. The molecule has 1 aromatic heterocycles. The van der Waals surface area contributed by atoms with Gasteiger partial charge in [0.25, 0.3) is 5.91 Å². The minimum Gasteiger partial charge on any atom is -0.320 e. The zero-order chi connectivity index (χ0) is 20.4. The number of sulfonamides is 1. The lowest BCUT2D eigenvalue weighted by Gasteiger charge is -2.26. The first-order valence-electron chi connectivity index (χ1n) is 9.41. The maximum absolute atomic E-state index is 13.0. The number of para-hydroxylation sites is 1. The molecule has 1 N–H and O–H groups in total. The molecule has 150 valence electrons. The van der Waals surface area contributed by atoms with E-state index in [1.165, 1.54) is 22.5 Å². The van der Waals surface area contributed by atoms with Crippen LogP contribution in [0.4, 0.5) is 5.69 Å². The minimum absolute atomic E-state index is 0.0373. The quantitative estimate of drug-likeness (QED) is 0.670. The van der Waals surface area contributed by atoms with E-state index in [2.05, 4.69) is 10.3 Å². The Morgan fingerprint density at radius 3 is 2.59 bits per heavy atom. The van der Waals surface area contributed by atoms with Gasteiger partial charge in [0.1, 0.15) is 4.90 Å². The Morgan fingerprint density at radius 2 is 1.79 bits per heavy atom. The van der Waals surface area contributed by atoms with Crippen LogP contribution < -0.4 is 5.32 Å². The van der Waals surface area contributed by atoms with Gasteiger partial charge in [0.2, 0.25) is 10.0 Å². The largest absolute Gasteiger partial charge is 0.320 e. The van der Waals surface area contributed by atoms with Gasteiger partial charge in [0.15, 0.2) is 0 Å². The van der Waals surface area contributed by atoms with Crippen molar-refractivity contribution in [3.05, 3.63) is 65.3 Å². The molecule has 6 nitrogen and oxygen atoms in total. The van der Waals surface area contributed by atoms with Crippen molar-refractivity contribution in [2.45, 2.75) is 24.2 Å². The average Bonchev–Trinajstić information content (AvgIpc) is 2.75. The Bertz CT molecular complexity index is 1170. The summed E-state index contributed by atoms with van der Waals surface area (Å²) in [5.41, 5.74) is 1.44. The molecule has 1 fully saturated rings. The highest BCUT2D eigenvalue weighted by atomic mass is 35.5. The molecule has 0 aliphatic carbocycles. The van der Waals surface area contributed by atoms with E-state index < -0.39 is 15.9 Å². The average molecular weight is 430 g/mol. The second-order valence-electron chi connectivity index (χ2n) is 6.94. The molecule has 29 heavy (non-hydrogen) atoms. The second kappa shape index (κ2) is 8.10. The number of hydrogen-bond donors (Lipinski definition) is 1. The first-order valence-corrected chi connectivity index (χ1v) is 11.2. The van der Waals surface area contributed by atoms with E-state index in [1.54, 1.807) is 12.3 Å². The lowest BCUT2D eigenvalue weighted by molar-refractivity contribution is 0.102. The van der Waals surface area contributed by atoms with E-state index in [0.29, 0.717) is 24.3 Å². The predicted octanol–water partition coefficient (Wildman–Crippen LogP) is 4.32. The highest BCUT2D eigenvalue weighted by Crippen LogP contribution is 2.28. The van der Waals surface area contributed by atoms with Gasteiger partial charge in [-0.2, -0.15) is 4.31 Å². The molecule has 1 amide bonds. The number of hydrogen-bond acceptors (Lipinski definition) is 4. The van der Waals surface area contributed by atoms with Crippen LogP contribution in [-0.2, 0) is 10.0 Å². The summed E-state index contributed by atoms with van der Waals surface area (Å²) < 4.78 is 27.5. The molecule has 0 bridgehead atoms. The summed E-state index contributed by atoms with van der Waals surface area (Å²) in [5, 5.41) is 3.83. The van der Waals surface area contributed by atoms with Gasteiger partial charge in [-0.15, -0.1) is 0 Å². The summed E-state index contributed by atoms with van der Waals surface area (Å²) in [4.78, 5) is 17.1. The Kier molecular flexibility index (Phi) is 5.54. The number of nitrogens with one attached hydrogen (secondary N) is 1. The smallest absolute Gasteiger partial charge is 0.255 e. The molecule has 0 radical (unpaired) electrons.